The van der Waals surface area contributed by atoms with Crippen molar-refractivity contribution in [3.05, 3.63) is 29.8 Å². The summed E-state index contributed by atoms with van der Waals surface area (Å²) < 4.78 is 26.6. The van der Waals surface area contributed by atoms with E-state index in [1.807, 2.05) is 0 Å². The maximum absolute atomic E-state index is 12.7. The highest BCUT2D eigenvalue weighted by atomic mass is 32.2. The van der Waals surface area contributed by atoms with Crippen molar-refractivity contribution in [2.24, 2.45) is 0 Å². The highest BCUT2D eigenvalue weighted by Gasteiger charge is 2.33. The van der Waals surface area contributed by atoms with Gasteiger partial charge in [-0.2, -0.15) is 9.57 Å². The van der Waals surface area contributed by atoms with Gasteiger partial charge in [0.1, 0.15) is 0 Å². The van der Waals surface area contributed by atoms with E-state index in [9.17, 15) is 13.2 Å². The number of carbonyl (C=O) groups is 1. The number of nitrogens with zero attached hydrogens (tertiary/aromatic N) is 3. The van der Waals surface area contributed by atoms with Crippen LogP contribution in [0.25, 0.3) is 0 Å². The summed E-state index contributed by atoms with van der Waals surface area (Å²) in [5.41, 5.74) is 0.355. The third kappa shape index (κ3) is 3.94. The van der Waals surface area contributed by atoms with E-state index in [0.29, 0.717) is 25.2 Å². The SMILES string of the molecule is CCN(CC)S(=O)(=O)c1cccc(C(=O)N(CCC#N)C2CC2)c1. The third-order valence-electron chi connectivity index (χ3n) is 4.14. The second kappa shape index (κ2) is 7.77. The van der Waals surface area contributed by atoms with Crippen molar-refractivity contribution in [2.45, 2.75) is 44.0 Å². The Bertz CT molecular complexity index is 732. The monoisotopic (exact) mass is 349 g/mol. The first-order valence-corrected chi connectivity index (χ1v) is 9.67. The summed E-state index contributed by atoms with van der Waals surface area (Å²) in [4.78, 5) is 14.5. The van der Waals surface area contributed by atoms with Crippen LogP contribution in [0.15, 0.2) is 29.2 Å². The molecule has 0 aliphatic heterocycles. The van der Waals surface area contributed by atoms with E-state index >= 15 is 0 Å². The Balaban J connectivity index is 2.29. The Kier molecular flexibility index (Phi) is 5.97. The van der Waals surface area contributed by atoms with Gasteiger partial charge in [0, 0.05) is 31.2 Å². The summed E-state index contributed by atoms with van der Waals surface area (Å²) in [5.74, 6) is -0.204. The molecule has 0 unspecified atom stereocenters. The van der Waals surface area contributed by atoms with Crippen LogP contribution in [0.4, 0.5) is 0 Å². The van der Waals surface area contributed by atoms with Gasteiger partial charge >= 0.3 is 0 Å². The zero-order valence-corrected chi connectivity index (χ0v) is 14.9. The Morgan fingerprint density at radius 2 is 1.96 bits per heavy atom. The molecular formula is C17H23N3O3S. The van der Waals surface area contributed by atoms with Crippen molar-refractivity contribution in [2.75, 3.05) is 19.6 Å². The van der Waals surface area contributed by atoms with Gasteiger partial charge in [-0.3, -0.25) is 4.79 Å². The van der Waals surface area contributed by atoms with E-state index in [2.05, 4.69) is 6.07 Å². The lowest BCUT2D eigenvalue weighted by molar-refractivity contribution is 0.0746. The number of nitriles is 1. The normalized spacial score (nSPS) is 14.4. The van der Waals surface area contributed by atoms with Gasteiger partial charge in [0.2, 0.25) is 10.0 Å². The molecule has 6 nitrogen and oxygen atoms in total. The summed E-state index contributed by atoms with van der Waals surface area (Å²) in [6, 6.07) is 8.42. The second-order valence-electron chi connectivity index (χ2n) is 5.75. The van der Waals surface area contributed by atoms with Gasteiger partial charge in [0.15, 0.2) is 0 Å². The Labute approximate surface area is 143 Å². The smallest absolute Gasteiger partial charge is 0.254 e. The van der Waals surface area contributed by atoms with Gasteiger partial charge in [0.25, 0.3) is 5.91 Å². The van der Waals surface area contributed by atoms with Crippen LogP contribution in [0.1, 0.15) is 43.5 Å². The molecule has 1 aliphatic rings. The van der Waals surface area contributed by atoms with Crippen LogP contribution in [-0.4, -0.2) is 49.2 Å². The van der Waals surface area contributed by atoms with Crippen LogP contribution in [0.5, 0.6) is 0 Å². The third-order valence-corrected chi connectivity index (χ3v) is 6.18. The predicted molar refractivity (Wildman–Crippen MR) is 90.8 cm³/mol. The van der Waals surface area contributed by atoms with Gasteiger partial charge in [-0.15, -0.1) is 0 Å². The minimum atomic E-state index is -3.59. The van der Waals surface area contributed by atoms with Crippen LogP contribution in [0.3, 0.4) is 0 Å². The van der Waals surface area contributed by atoms with E-state index < -0.39 is 10.0 Å². The second-order valence-corrected chi connectivity index (χ2v) is 7.69. The Morgan fingerprint density at radius 3 is 2.50 bits per heavy atom. The van der Waals surface area contributed by atoms with Crippen molar-refractivity contribution >= 4 is 15.9 Å². The van der Waals surface area contributed by atoms with Crippen LogP contribution >= 0.6 is 0 Å². The molecule has 0 bridgehead atoms. The average Bonchev–Trinajstić information content (AvgIpc) is 3.41. The number of sulfonamides is 1. The zero-order chi connectivity index (χ0) is 17.7. The van der Waals surface area contributed by atoms with Gasteiger partial charge < -0.3 is 4.90 Å². The van der Waals surface area contributed by atoms with Crippen molar-refractivity contribution in [3.63, 3.8) is 0 Å². The van der Waals surface area contributed by atoms with Crippen molar-refractivity contribution < 1.29 is 13.2 Å². The predicted octanol–water partition coefficient (Wildman–Crippen LogP) is 2.24. The minimum absolute atomic E-state index is 0.132. The lowest BCUT2D eigenvalue weighted by Crippen LogP contribution is -2.34. The summed E-state index contributed by atoms with van der Waals surface area (Å²) in [7, 11) is -3.59. The molecule has 0 radical (unpaired) electrons. The van der Waals surface area contributed by atoms with Crippen LogP contribution in [0, 0.1) is 11.3 Å². The Hall–Kier alpha value is -1.91. The Morgan fingerprint density at radius 1 is 1.29 bits per heavy atom. The summed E-state index contributed by atoms with van der Waals surface area (Å²) in [5, 5.41) is 8.76. The number of benzene rings is 1. The highest BCUT2D eigenvalue weighted by molar-refractivity contribution is 7.89. The van der Waals surface area contributed by atoms with E-state index in [1.165, 1.54) is 16.4 Å². The average molecular weight is 349 g/mol. The maximum atomic E-state index is 12.7. The number of hydrogen-bond acceptors (Lipinski definition) is 4. The lowest BCUT2D eigenvalue weighted by Gasteiger charge is -2.22. The van der Waals surface area contributed by atoms with Gasteiger partial charge in [-0.1, -0.05) is 19.9 Å². The topological polar surface area (TPSA) is 81.5 Å². The molecule has 0 N–H and O–H groups in total. The largest absolute Gasteiger partial charge is 0.335 e. The fourth-order valence-corrected chi connectivity index (χ4v) is 4.18. The summed E-state index contributed by atoms with van der Waals surface area (Å²) in [6.45, 7) is 4.72. The molecule has 0 heterocycles. The van der Waals surface area contributed by atoms with Gasteiger partial charge in [-0.05, 0) is 31.0 Å². The first kappa shape index (κ1) is 18.4. The molecule has 1 aromatic carbocycles. The van der Waals surface area contributed by atoms with Crippen molar-refractivity contribution in [1.29, 1.82) is 5.26 Å². The standard InChI is InChI=1S/C17H23N3O3S/c1-3-19(4-2)24(22,23)16-8-5-7-14(13-16)17(21)20(12-6-11-18)15-9-10-15/h5,7-8,13,15H,3-4,6,9-10,12H2,1-2H3. The molecule has 2 rings (SSSR count). The zero-order valence-electron chi connectivity index (χ0n) is 14.1. The molecule has 130 valence electrons. The quantitative estimate of drug-likeness (QED) is 0.721. The van der Waals surface area contributed by atoms with E-state index in [-0.39, 0.29) is 23.3 Å². The number of rotatable bonds is 8. The van der Waals surface area contributed by atoms with E-state index in [4.69, 9.17) is 5.26 Å². The van der Waals surface area contributed by atoms with Crippen molar-refractivity contribution in [3.8, 4) is 6.07 Å². The molecule has 0 saturated heterocycles. The molecule has 0 aromatic heterocycles. The molecule has 1 fully saturated rings. The molecule has 1 aliphatic carbocycles. The van der Waals surface area contributed by atoms with Crippen molar-refractivity contribution in [1.82, 2.24) is 9.21 Å². The first-order valence-electron chi connectivity index (χ1n) is 8.23. The maximum Gasteiger partial charge on any atom is 0.254 e. The number of hydrogen-bond donors (Lipinski definition) is 0. The van der Waals surface area contributed by atoms with Crippen LogP contribution < -0.4 is 0 Å². The molecule has 1 aromatic rings. The van der Waals surface area contributed by atoms with Gasteiger partial charge in [0.05, 0.1) is 17.4 Å². The van der Waals surface area contributed by atoms with Gasteiger partial charge in [-0.25, -0.2) is 8.42 Å². The molecular weight excluding hydrogens is 326 g/mol. The summed E-state index contributed by atoms with van der Waals surface area (Å²) >= 11 is 0. The number of carbonyl (C=O) groups excluding carboxylic acids is 1. The first-order chi connectivity index (χ1) is 11.5. The lowest BCUT2D eigenvalue weighted by atomic mass is 10.2. The fourth-order valence-electron chi connectivity index (χ4n) is 2.67. The molecule has 24 heavy (non-hydrogen) atoms. The minimum Gasteiger partial charge on any atom is -0.335 e. The highest BCUT2D eigenvalue weighted by Crippen LogP contribution is 2.29. The van der Waals surface area contributed by atoms with E-state index in [0.717, 1.165) is 12.8 Å². The summed E-state index contributed by atoms with van der Waals surface area (Å²) in [6.07, 6.45) is 2.16. The van der Waals surface area contributed by atoms with E-state index in [1.54, 1.807) is 30.9 Å². The molecule has 1 saturated carbocycles. The molecule has 1 amide bonds. The molecule has 7 heteroatoms. The molecule has 0 spiro atoms. The fraction of sp³-hybridized carbons (Fsp3) is 0.529. The number of amides is 1. The van der Waals surface area contributed by atoms with Crippen LogP contribution in [0.2, 0.25) is 0 Å². The van der Waals surface area contributed by atoms with Crippen LogP contribution in [-0.2, 0) is 10.0 Å². The molecule has 0 atom stereocenters.